The van der Waals surface area contributed by atoms with Crippen molar-refractivity contribution in [2.75, 3.05) is 5.32 Å². The molecule has 0 spiro atoms. The molecule has 0 aliphatic heterocycles. The molecule has 0 bridgehead atoms. The van der Waals surface area contributed by atoms with Gasteiger partial charge in [-0.25, -0.2) is 4.79 Å². The summed E-state index contributed by atoms with van der Waals surface area (Å²) in [7, 11) is 0. The molecule has 1 heterocycles. The van der Waals surface area contributed by atoms with Crippen LogP contribution in [0.15, 0.2) is 46.0 Å². The first-order chi connectivity index (χ1) is 17.8. The molecule has 10 heteroatoms. The lowest BCUT2D eigenvalue weighted by Crippen LogP contribution is -2.42. The van der Waals surface area contributed by atoms with Gasteiger partial charge in [0.25, 0.3) is 5.56 Å². The number of carbonyl (C=O) groups is 2. The maximum Gasteiger partial charge on any atom is 0.331 e. The van der Waals surface area contributed by atoms with Crippen molar-refractivity contribution >= 4 is 40.0 Å². The Morgan fingerprint density at radius 3 is 2.51 bits per heavy atom. The number of hydrogen-bond donors (Lipinski definition) is 2. The molecule has 37 heavy (non-hydrogen) atoms. The SMILES string of the molecule is CCn1c(=O)c2cc(NC(=O)C3CCCC3NC(=O)Cc3ccc(C#N)c(Cl)c3)ccc2n(CC)c1=O. The van der Waals surface area contributed by atoms with Gasteiger partial charge in [0.2, 0.25) is 11.8 Å². The summed E-state index contributed by atoms with van der Waals surface area (Å²) in [5, 5.41) is 15.5. The molecular formula is C27H28ClN5O4. The van der Waals surface area contributed by atoms with E-state index in [2.05, 4.69) is 10.6 Å². The smallest absolute Gasteiger partial charge is 0.331 e. The van der Waals surface area contributed by atoms with Gasteiger partial charge in [-0.3, -0.25) is 23.5 Å². The van der Waals surface area contributed by atoms with Gasteiger partial charge in [-0.15, -0.1) is 0 Å². The second-order valence-electron chi connectivity index (χ2n) is 9.11. The third kappa shape index (κ3) is 5.30. The van der Waals surface area contributed by atoms with E-state index >= 15 is 0 Å². The topological polar surface area (TPSA) is 126 Å². The number of aryl methyl sites for hydroxylation is 1. The van der Waals surface area contributed by atoms with Crippen LogP contribution in [0.3, 0.4) is 0 Å². The number of benzene rings is 2. The molecule has 0 saturated heterocycles. The minimum Gasteiger partial charge on any atom is -0.352 e. The molecule has 2 atom stereocenters. The summed E-state index contributed by atoms with van der Waals surface area (Å²) in [6.45, 7) is 4.25. The van der Waals surface area contributed by atoms with Crippen LogP contribution in [0.1, 0.15) is 44.2 Å². The highest BCUT2D eigenvalue weighted by atomic mass is 35.5. The molecule has 2 aromatic carbocycles. The van der Waals surface area contributed by atoms with Crippen molar-refractivity contribution in [3.63, 3.8) is 0 Å². The normalized spacial score (nSPS) is 16.9. The Kier molecular flexibility index (Phi) is 7.79. The highest BCUT2D eigenvalue weighted by molar-refractivity contribution is 6.31. The molecular weight excluding hydrogens is 494 g/mol. The minimum absolute atomic E-state index is 0.0871. The number of amides is 2. The van der Waals surface area contributed by atoms with Crippen LogP contribution in [0.4, 0.5) is 5.69 Å². The maximum absolute atomic E-state index is 13.2. The van der Waals surface area contributed by atoms with Crippen LogP contribution in [-0.4, -0.2) is 27.0 Å². The maximum atomic E-state index is 13.2. The van der Waals surface area contributed by atoms with Crippen molar-refractivity contribution in [1.82, 2.24) is 14.5 Å². The number of nitriles is 1. The Morgan fingerprint density at radius 1 is 1.08 bits per heavy atom. The molecule has 2 N–H and O–H groups in total. The van der Waals surface area contributed by atoms with E-state index in [0.29, 0.717) is 52.1 Å². The van der Waals surface area contributed by atoms with Crippen molar-refractivity contribution in [3.05, 3.63) is 73.4 Å². The average Bonchev–Trinajstić information content (AvgIpc) is 3.33. The monoisotopic (exact) mass is 521 g/mol. The van der Waals surface area contributed by atoms with Gasteiger partial charge in [0, 0.05) is 24.8 Å². The number of hydrogen-bond acceptors (Lipinski definition) is 5. The van der Waals surface area contributed by atoms with Gasteiger partial charge in [0.15, 0.2) is 0 Å². The van der Waals surface area contributed by atoms with Gasteiger partial charge in [-0.1, -0.05) is 24.1 Å². The zero-order valence-corrected chi connectivity index (χ0v) is 21.5. The Labute approximate surface area is 218 Å². The molecule has 4 rings (SSSR count). The summed E-state index contributed by atoms with van der Waals surface area (Å²) in [4.78, 5) is 51.3. The van der Waals surface area contributed by atoms with Crippen molar-refractivity contribution in [2.24, 2.45) is 5.92 Å². The van der Waals surface area contributed by atoms with Crippen LogP contribution in [0.2, 0.25) is 5.02 Å². The summed E-state index contributed by atoms with van der Waals surface area (Å²) >= 11 is 6.07. The van der Waals surface area contributed by atoms with Crippen molar-refractivity contribution in [3.8, 4) is 6.07 Å². The van der Waals surface area contributed by atoms with E-state index in [4.69, 9.17) is 16.9 Å². The summed E-state index contributed by atoms with van der Waals surface area (Å²) in [6, 6.07) is 11.5. The molecule has 1 fully saturated rings. The van der Waals surface area contributed by atoms with E-state index in [-0.39, 0.29) is 36.5 Å². The van der Waals surface area contributed by atoms with E-state index in [0.717, 1.165) is 6.42 Å². The molecule has 1 saturated carbocycles. The quantitative estimate of drug-likeness (QED) is 0.494. The predicted molar refractivity (Wildman–Crippen MR) is 142 cm³/mol. The van der Waals surface area contributed by atoms with Gasteiger partial charge in [0.05, 0.1) is 33.8 Å². The Bertz CT molecular complexity index is 1530. The fourth-order valence-corrected chi connectivity index (χ4v) is 5.22. The van der Waals surface area contributed by atoms with Crippen LogP contribution < -0.4 is 21.9 Å². The van der Waals surface area contributed by atoms with Crippen molar-refractivity contribution < 1.29 is 9.59 Å². The summed E-state index contributed by atoms with van der Waals surface area (Å²) in [5.74, 6) is -0.877. The van der Waals surface area contributed by atoms with E-state index in [1.807, 2.05) is 13.0 Å². The Hall–Kier alpha value is -3.90. The van der Waals surface area contributed by atoms with Crippen LogP contribution in [0.5, 0.6) is 0 Å². The molecule has 3 aromatic rings. The van der Waals surface area contributed by atoms with E-state index in [1.165, 1.54) is 9.13 Å². The van der Waals surface area contributed by atoms with E-state index in [9.17, 15) is 19.2 Å². The number of nitrogens with zero attached hydrogens (tertiary/aromatic N) is 3. The van der Waals surface area contributed by atoms with E-state index < -0.39 is 11.5 Å². The van der Waals surface area contributed by atoms with Crippen molar-refractivity contribution in [2.45, 2.75) is 58.7 Å². The first kappa shape index (κ1) is 26.2. The third-order valence-corrected chi connectivity index (χ3v) is 7.16. The molecule has 2 amide bonds. The number of aromatic nitrogens is 2. The van der Waals surface area contributed by atoms with Gasteiger partial charge < -0.3 is 10.6 Å². The minimum atomic E-state index is -0.416. The highest BCUT2D eigenvalue weighted by Crippen LogP contribution is 2.28. The first-order valence-electron chi connectivity index (χ1n) is 12.3. The van der Waals surface area contributed by atoms with Crippen LogP contribution in [0.25, 0.3) is 10.9 Å². The summed E-state index contributed by atoms with van der Waals surface area (Å²) < 4.78 is 2.72. The van der Waals surface area contributed by atoms with E-state index in [1.54, 1.807) is 43.3 Å². The predicted octanol–water partition coefficient (Wildman–Crippen LogP) is 3.19. The zero-order chi connectivity index (χ0) is 26.7. The number of halogens is 1. The fraction of sp³-hybridized carbons (Fsp3) is 0.370. The second-order valence-corrected chi connectivity index (χ2v) is 9.52. The van der Waals surface area contributed by atoms with Gasteiger partial charge in [-0.05, 0) is 62.6 Å². The highest BCUT2D eigenvalue weighted by Gasteiger charge is 2.34. The molecule has 9 nitrogen and oxygen atoms in total. The first-order valence-corrected chi connectivity index (χ1v) is 12.7. The number of fused-ring (bicyclic) bond motifs is 1. The number of carbonyl (C=O) groups excluding carboxylic acids is 2. The average molecular weight is 522 g/mol. The molecule has 192 valence electrons. The summed E-state index contributed by atoms with van der Waals surface area (Å²) in [5.41, 5.74) is 1.26. The largest absolute Gasteiger partial charge is 0.352 e. The second kappa shape index (κ2) is 11.0. The van der Waals surface area contributed by atoms with Crippen LogP contribution >= 0.6 is 11.6 Å². The number of anilines is 1. The lowest BCUT2D eigenvalue weighted by atomic mass is 10.0. The summed E-state index contributed by atoms with van der Waals surface area (Å²) in [6.07, 6.45) is 2.20. The lowest BCUT2D eigenvalue weighted by molar-refractivity contribution is -0.123. The van der Waals surface area contributed by atoms with Gasteiger partial charge in [0.1, 0.15) is 6.07 Å². The fourth-order valence-electron chi connectivity index (χ4n) is 4.97. The van der Waals surface area contributed by atoms with Crippen LogP contribution in [-0.2, 0) is 29.1 Å². The third-order valence-electron chi connectivity index (χ3n) is 6.84. The number of nitrogens with one attached hydrogen (secondary N) is 2. The van der Waals surface area contributed by atoms with Gasteiger partial charge >= 0.3 is 5.69 Å². The van der Waals surface area contributed by atoms with Crippen LogP contribution in [0, 0.1) is 17.2 Å². The lowest BCUT2D eigenvalue weighted by Gasteiger charge is -2.21. The molecule has 0 radical (unpaired) electrons. The Morgan fingerprint density at radius 2 is 1.84 bits per heavy atom. The standard InChI is InChI=1S/C27H28ClN5O4/c1-3-32-23-11-10-18(14-20(23)26(36)33(4-2)27(32)37)30-25(35)19-6-5-7-22(19)31-24(34)13-16-8-9-17(15-29)21(28)12-16/h8-12,14,19,22H,3-7,13H2,1-2H3,(H,30,35)(H,31,34). The van der Waals surface area contributed by atoms with Gasteiger partial charge in [-0.2, -0.15) is 5.26 Å². The molecule has 1 aliphatic carbocycles. The zero-order valence-electron chi connectivity index (χ0n) is 20.7. The number of rotatable bonds is 7. The van der Waals surface area contributed by atoms with Crippen molar-refractivity contribution in [1.29, 1.82) is 5.26 Å². The Balaban J connectivity index is 1.48. The molecule has 1 aromatic heterocycles. The molecule has 2 unspecified atom stereocenters. The molecule has 1 aliphatic rings.